The van der Waals surface area contributed by atoms with Gasteiger partial charge in [0.2, 0.25) is 0 Å². The number of H-pyrrole nitrogens is 1. The first-order chi connectivity index (χ1) is 11.3. The van der Waals surface area contributed by atoms with Gasteiger partial charge in [-0.3, -0.25) is 10.1 Å². The average molecular weight is 308 g/mol. The summed E-state index contributed by atoms with van der Waals surface area (Å²) in [6.45, 7) is 1.11. The van der Waals surface area contributed by atoms with Crippen molar-refractivity contribution in [2.45, 2.75) is 32.1 Å². The molecule has 4 saturated carbocycles. The van der Waals surface area contributed by atoms with Crippen LogP contribution in [-0.2, 0) is 0 Å². The third-order valence-electron chi connectivity index (χ3n) is 6.51. The maximum absolute atomic E-state index is 4.39. The first-order valence-electron chi connectivity index (χ1n) is 9.04. The normalized spacial score (nSPS) is 34.7. The number of nitrogens with zero attached hydrogens (tertiary/aromatic N) is 2. The standard InChI is InChI=1S/C19H24N4/c1-2-22-23-19(1)16-8-17(10-20-9-16)21-11-18-14-4-12-3-13(6-14)7-15(18)5-12/h1-2,8-10,12-15,18,21H,3-7,11H2,(H,22,23). The molecule has 6 rings (SSSR count). The molecule has 4 fully saturated rings. The van der Waals surface area contributed by atoms with Gasteiger partial charge in [-0.25, -0.2) is 0 Å². The van der Waals surface area contributed by atoms with Crippen LogP contribution in [0.3, 0.4) is 0 Å². The molecule has 4 aliphatic carbocycles. The van der Waals surface area contributed by atoms with Crippen molar-refractivity contribution in [1.82, 2.24) is 15.2 Å². The van der Waals surface area contributed by atoms with Crippen molar-refractivity contribution < 1.29 is 0 Å². The predicted octanol–water partition coefficient (Wildman–Crippen LogP) is 3.96. The van der Waals surface area contributed by atoms with Crippen molar-refractivity contribution in [3.63, 3.8) is 0 Å². The summed E-state index contributed by atoms with van der Waals surface area (Å²) in [4.78, 5) is 4.39. The van der Waals surface area contributed by atoms with Gasteiger partial charge in [-0.05, 0) is 73.8 Å². The summed E-state index contributed by atoms with van der Waals surface area (Å²) in [5, 5.41) is 10.7. The Morgan fingerprint density at radius 3 is 2.52 bits per heavy atom. The van der Waals surface area contributed by atoms with Crippen molar-refractivity contribution in [2.75, 3.05) is 11.9 Å². The number of nitrogens with one attached hydrogen (secondary N) is 2. The molecule has 4 aliphatic rings. The van der Waals surface area contributed by atoms with Crippen molar-refractivity contribution in [3.05, 3.63) is 30.7 Å². The predicted molar refractivity (Wildman–Crippen MR) is 90.8 cm³/mol. The second kappa shape index (κ2) is 5.36. The van der Waals surface area contributed by atoms with E-state index < -0.39 is 0 Å². The fourth-order valence-corrected chi connectivity index (χ4v) is 5.71. The topological polar surface area (TPSA) is 53.6 Å². The molecular formula is C19H24N4. The second-order valence-electron chi connectivity index (χ2n) is 7.91. The van der Waals surface area contributed by atoms with Gasteiger partial charge in [0.15, 0.2) is 0 Å². The Morgan fingerprint density at radius 1 is 1.04 bits per heavy atom. The summed E-state index contributed by atoms with van der Waals surface area (Å²) in [6.07, 6.45) is 13.1. The Labute approximate surface area is 137 Å². The summed E-state index contributed by atoms with van der Waals surface area (Å²) >= 11 is 0. The van der Waals surface area contributed by atoms with Crippen LogP contribution in [0.25, 0.3) is 11.3 Å². The minimum absolute atomic E-state index is 0.874. The number of hydrogen-bond donors (Lipinski definition) is 2. The zero-order chi connectivity index (χ0) is 15.2. The molecule has 0 aliphatic heterocycles. The number of hydrogen-bond acceptors (Lipinski definition) is 3. The highest BCUT2D eigenvalue weighted by Crippen LogP contribution is 2.56. The highest BCUT2D eigenvalue weighted by atomic mass is 15.1. The van der Waals surface area contributed by atoms with Crippen LogP contribution in [-0.4, -0.2) is 21.7 Å². The minimum atomic E-state index is 0.874. The molecule has 4 nitrogen and oxygen atoms in total. The zero-order valence-electron chi connectivity index (χ0n) is 13.4. The van der Waals surface area contributed by atoms with E-state index in [1.165, 1.54) is 32.1 Å². The van der Waals surface area contributed by atoms with Crippen molar-refractivity contribution in [1.29, 1.82) is 0 Å². The van der Waals surface area contributed by atoms with E-state index in [-0.39, 0.29) is 0 Å². The molecule has 0 unspecified atom stereocenters. The van der Waals surface area contributed by atoms with Gasteiger partial charge in [-0.15, -0.1) is 0 Å². The monoisotopic (exact) mass is 308 g/mol. The molecule has 2 N–H and O–H groups in total. The maximum Gasteiger partial charge on any atom is 0.0666 e. The van der Waals surface area contributed by atoms with Crippen LogP contribution < -0.4 is 5.32 Å². The molecule has 0 spiro atoms. The third-order valence-corrected chi connectivity index (χ3v) is 6.51. The summed E-state index contributed by atoms with van der Waals surface area (Å²) in [6, 6.07) is 4.16. The molecular weight excluding hydrogens is 284 g/mol. The second-order valence-corrected chi connectivity index (χ2v) is 7.91. The highest BCUT2D eigenvalue weighted by molar-refractivity contribution is 5.62. The van der Waals surface area contributed by atoms with Crippen LogP contribution >= 0.6 is 0 Å². The van der Waals surface area contributed by atoms with Gasteiger partial charge >= 0.3 is 0 Å². The molecule has 2 aromatic rings. The average Bonchev–Trinajstić information content (AvgIpc) is 3.08. The van der Waals surface area contributed by atoms with E-state index in [0.717, 1.165) is 53.1 Å². The molecule has 0 amide bonds. The van der Waals surface area contributed by atoms with Crippen LogP contribution in [0.15, 0.2) is 30.7 Å². The highest BCUT2D eigenvalue weighted by Gasteiger charge is 2.47. The molecule has 2 heterocycles. The Kier molecular flexibility index (Phi) is 3.17. The van der Waals surface area contributed by atoms with E-state index in [1.807, 2.05) is 18.5 Å². The van der Waals surface area contributed by atoms with Gasteiger partial charge in [-0.2, -0.15) is 5.10 Å². The molecule has 0 radical (unpaired) electrons. The third kappa shape index (κ3) is 2.44. The first kappa shape index (κ1) is 13.6. The molecule has 2 aromatic heterocycles. The minimum Gasteiger partial charge on any atom is -0.383 e. The van der Waals surface area contributed by atoms with Crippen molar-refractivity contribution in [3.8, 4) is 11.3 Å². The first-order valence-corrected chi connectivity index (χ1v) is 9.04. The maximum atomic E-state index is 4.39. The lowest BCUT2D eigenvalue weighted by Gasteiger charge is -2.54. The van der Waals surface area contributed by atoms with Crippen molar-refractivity contribution in [2.24, 2.45) is 29.6 Å². The Balaban J connectivity index is 1.29. The zero-order valence-corrected chi connectivity index (χ0v) is 13.4. The van der Waals surface area contributed by atoms with Crippen LogP contribution in [0.5, 0.6) is 0 Å². The summed E-state index contributed by atoms with van der Waals surface area (Å²) in [5.74, 6) is 4.93. The Bertz CT molecular complexity index is 650. The van der Waals surface area contributed by atoms with Gasteiger partial charge in [0, 0.05) is 30.7 Å². The summed E-state index contributed by atoms with van der Waals surface area (Å²) in [7, 11) is 0. The fraction of sp³-hybridized carbons (Fsp3) is 0.579. The molecule has 23 heavy (non-hydrogen) atoms. The quantitative estimate of drug-likeness (QED) is 0.899. The van der Waals surface area contributed by atoms with Crippen LogP contribution in [0.1, 0.15) is 32.1 Å². The van der Waals surface area contributed by atoms with E-state index in [9.17, 15) is 0 Å². The van der Waals surface area contributed by atoms with E-state index in [4.69, 9.17) is 0 Å². The molecule has 0 atom stereocenters. The molecule has 4 bridgehead atoms. The molecule has 120 valence electrons. The van der Waals surface area contributed by atoms with Crippen molar-refractivity contribution >= 4 is 5.69 Å². The smallest absolute Gasteiger partial charge is 0.0666 e. The summed E-state index contributed by atoms with van der Waals surface area (Å²) < 4.78 is 0. The van der Waals surface area contributed by atoms with E-state index in [1.54, 1.807) is 6.20 Å². The van der Waals surface area contributed by atoms with E-state index >= 15 is 0 Å². The number of aromatic amines is 1. The van der Waals surface area contributed by atoms with Gasteiger partial charge < -0.3 is 5.32 Å². The summed E-state index contributed by atoms with van der Waals surface area (Å²) in [5.41, 5.74) is 3.25. The van der Waals surface area contributed by atoms with Gasteiger partial charge in [0.1, 0.15) is 0 Å². The number of anilines is 1. The van der Waals surface area contributed by atoms with Gasteiger partial charge in [0.05, 0.1) is 11.4 Å². The number of rotatable bonds is 4. The van der Waals surface area contributed by atoms with E-state index in [2.05, 4.69) is 26.6 Å². The Hall–Kier alpha value is -1.84. The molecule has 0 saturated heterocycles. The van der Waals surface area contributed by atoms with Crippen LogP contribution in [0, 0.1) is 29.6 Å². The lowest BCUT2D eigenvalue weighted by atomic mass is 9.52. The Morgan fingerprint density at radius 2 is 1.83 bits per heavy atom. The lowest BCUT2D eigenvalue weighted by molar-refractivity contribution is -0.0305. The van der Waals surface area contributed by atoms with E-state index in [0.29, 0.717) is 0 Å². The molecule has 4 heteroatoms. The number of aromatic nitrogens is 3. The van der Waals surface area contributed by atoms with Crippen LogP contribution in [0.2, 0.25) is 0 Å². The van der Waals surface area contributed by atoms with Gasteiger partial charge in [0.25, 0.3) is 0 Å². The van der Waals surface area contributed by atoms with Gasteiger partial charge in [-0.1, -0.05) is 0 Å². The molecule has 0 aromatic carbocycles. The van der Waals surface area contributed by atoms with Crippen LogP contribution in [0.4, 0.5) is 5.69 Å². The SMILES string of the molecule is c1cc(-c2cncc(NCC3C4CC5CC(C4)CC3C5)c2)[nH]n1. The largest absolute Gasteiger partial charge is 0.383 e. The number of pyridine rings is 1. The fourth-order valence-electron chi connectivity index (χ4n) is 5.71. The lowest BCUT2D eigenvalue weighted by Crippen LogP contribution is -2.47.